The van der Waals surface area contributed by atoms with Crippen molar-refractivity contribution in [2.45, 2.75) is 10.6 Å². The van der Waals surface area contributed by atoms with E-state index in [1.807, 2.05) is 0 Å². The molecule has 3 aromatic rings. The van der Waals surface area contributed by atoms with E-state index in [0.717, 1.165) is 11.3 Å². The number of rotatable bonds is 6. The first-order valence-corrected chi connectivity index (χ1v) is 10.1. The molecule has 26 heavy (non-hydrogen) atoms. The predicted molar refractivity (Wildman–Crippen MR) is 94.4 cm³/mol. The predicted octanol–water partition coefficient (Wildman–Crippen LogP) is 3.59. The molecule has 0 aliphatic carbocycles. The van der Waals surface area contributed by atoms with Crippen molar-refractivity contribution in [3.63, 3.8) is 0 Å². The van der Waals surface area contributed by atoms with E-state index in [4.69, 9.17) is 0 Å². The van der Waals surface area contributed by atoms with Crippen LogP contribution in [0.15, 0.2) is 46.0 Å². The Bertz CT molecular complexity index is 1000. The van der Waals surface area contributed by atoms with Gasteiger partial charge in [-0.3, -0.25) is 14.8 Å². The molecule has 1 amide bonds. The van der Waals surface area contributed by atoms with E-state index in [-0.39, 0.29) is 20.6 Å². The maximum Gasteiger partial charge on any atom is 0.291 e. The third-order valence-electron chi connectivity index (χ3n) is 3.01. The van der Waals surface area contributed by atoms with E-state index < -0.39 is 27.4 Å². The van der Waals surface area contributed by atoms with Gasteiger partial charge in [0, 0.05) is 11.3 Å². The highest BCUT2D eigenvalue weighted by Crippen LogP contribution is 2.25. The zero-order chi connectivity index (χ0) is 18.7. The number of carbonyl (C=O) groups excluding carboxylic acids is 1. The number of thiophene rings is 1. The van der Waals surface area contributed by atoms with Crippen molar-refractivity contribution in [3.8, 4) is 0 Å². The molecule has 0 atom stereocenters. The largest absolute Gasteiger partial charge is 0.296 e. The molecule has 0 bridgehead atoms. The Balaban J connectivity index is 1.68. The molecule has 0 fully saturated rings. The number of hydrogen-bond acceptors (Lipinski definition) is 7. The number of benzene rings is 1. The molecule has 0 spiro atoms. The van der Waals surface area contributed by atoms with Gasteiger partial charge in [-0.25, -0.2) is 17.2 Å². The number of nitrogens with one attached hydrogen (secondary N) is 2. The summed E-state index contributed by atoms with van der Waals surface area (Å²) in [6, 6.07) is 8.74. The molecule has 12 heteroatoms. The lowest BCUT2D eigenvalue weighted by atomic mass is 10.2. The lowest BCUT2D eigenvalue weighted by molar-refractivity contribution is 0.102. The number of halogens is 2. The van der Waals surface area contributed by atoms with Gasteiger partial charge in [0.15, 0.2) is 5.01 Å². The van der Waals surface area contributed by atoms with Gasteiger partial charge in [0.25, 0.3) is 22.4 Å². The van der Waals surface area contributed by atoms with E-state index in [9.17, 15) is 22.0 Å². The van der Waals surface area contributed by atoms with Crippen molar-refractivity contribution in [2.24, 2.45) is 0 Å². The van der Waals surface area contributed by atoms with Crippen LogP contribution >= 0.6 is 22.7 Å². The van der Waals surface area contributed by atoms with Crippen molar-refractivity contribution in [3.05, 3.63) is 52.3 Å². The molecule has 2 aromatic heterocycles. The number of hydrogen-bond donors (Lipinski definition) is 2. The van der Waals surface area contributed by atoms with Gasteiger partial charge in [-0.1, -0.05) is 17.4 Å². The molecular weight excluding hydrogens is 406 g/mol. The van der Waals surface area contributed by atoms with Gasteiger partial charge in [-0.15, -0.1) is 21.5 Å². The van der Waals surface area contributed by atoms with Gasteiger partial charge >= 0.3 is 0 Å². The number of aromatic nitrogens is 2. The van der Waals surface area contributed by atoms with E-state index in [1.54, 1.807) is 11.4 Å². The Morgan fingerprint density at radius 1 is 1.12 bits per heavy atom. The zero-order valence-electron chi connectivity index (χ0n) is 12.7. The number of alkyl halides is 2. The molecule has 7 nitrogen and oxygen atoms in total. The van der Waals surface area contributed by atoms with Crippen LogP contribution in [0.25, 0.3) is 0 Å². The first-order chi connectivity index (χ1) is 12.3. The second-order valence-electron chi connectivity index (χ2n) is 4.82. The van der Waals surface area contributed by atoms with Gasteiger partial charge in [0.1, 0.15) is 4.21 Å². The summed E-state index contributed by atoms with van der Waals surface area (Å²) in [5.41, 5.74) is 0.490. The molecule has 3 rings (SSSR count). The van der Waals surface area contributed by atoms with Crippen LogP contribution in [-0.4, -0.2) is 24.5 Å². The topological polar surface area (TPSA) is 101 Å². The molecular formula is C14H10F2N4O3S3. The van der Waals surface area contributed by atoms with Gasteiger partial charge in [0.2, 0.25) is 5.13 Å². The van der Waals surface area contributed by atoms with Crippen LogP contribution in [0, 0.1) is 0 Å². The molecule has 136 valence electrons. The lowest BCUT2D eigenvalue weighted by Gasteiger charge is -2.07. The summed E-state index contributed by atoms with van der Waals surface area (Å²) in [4.78, 5) is 12.1. The summed E-state index contributed by atoms with van der Waals surface area (Å²) < 4.78 is 51.7. The van der Waals surface area contributed by atoms with Crippen molar-refractivity contribution in [2.75, 3.05) is 10.0 Å². The average molecular weight is 416 g/mol. The van der Waals surface area contributed by atoms with Crippen LogP contribution in [-0.2, 0) is 10.0 Å². The Kier molecular flexibility index (Phi) is 5.25. The number of amides is 1. The third kappa shape index (κ3) is 4.20. The van der Waals surface area contributed by atoms with Crippen molar-refractivity contribution in [1.29, 1.82) is 0 Å². The first kappa shape index (κ1) is 18.4. The highest BCUT2D eigenvalue weighted by atomic mass is 32.2. The monoisotopic (exact) mass is 416 g/mol. The fraction of sp³-hybridized carbons (Fsp3) is 0.0714. The molecule has 2 N–H and O–H groups in total. The number of nitrogens with zero attached hydrogens (tertiary/aromatic N) is 2. The molecule has 0 radical (unpaired) electrons. The summed E-state index contributed by atoms with van der Waals surface area (Å²) in [7, 11) is -3.68. The molecule has 0 saturated heterocycles. The van der Waals surface area contributed by atoms with Crippen LogP contribution in [0.3, 0.4) is 0 Å². The average Bonchev–Trinajstić information content (AvgIpc) is 3.27. The second kappa shape index (κ2) is 7.43. The fourth-order valence-electron chi connectivity index (χ4n) is 1.85. The highest BCUT2D eigenvalue weighted by molar-refractivity contribution is 7.94. The van der Waals surface area contributed by atoms with Gasteiger partial charge in [-0.05, 0) is 35.7 Å². The minimum Gasteiger partial charge on any atom is -0.296 e. The van der Waals surface area contributed by atoms with Crippen molar-refractivity contribution in [1.82, 2.24) is 10.2 Å². The van der Waals surface area contributed by atoms with E-state index >= 15 is 0 Å². The van der Waals surface area contributed by atoms with Gasteiger partial charge in [0.05, 0.1) is 0 Å². The summed E-state index contributed by atoms with van der Waals surface area (Å²) in [5, 5.41) is 10.2. The van der Waals surface area contributed by atoms with Crippen LogP contribution in [0.1, 0.15) is 21.8 Å². The fourth-order valence-corrected chi connectivity index (χ4v) is 4.50. The van der Waals surface area contributed by atoms with Crippen LogP contribution < -0.4 is 10.0 Å². The Morgan fingerprint density at radius 3 is 2.42 bits per heavy atom. The number of sulfonamides is 1. The molecule has 0 saturated carbocycles. The smallest absolute Gasteiger partial charge is 0.291 e. The molecule has 2 heterocycles. The minimum atomic E-state index is -3.68. The van der Waals surface area contributed by atoms with Crippen molar-refractivity contribution < 1.29 is 22.0 Å². The minimum absolute atomic E-state index is 0.0484. The van der Waals surface area contributed by atoms with Gasteiger partial charge in [-0.2, -0.15) is 0 Å². The SMILES string of the molecule is O=C(Nc1nnc(C(F)F)s1)c1ccc(NS(=O)(=O)c2cccs2)cc1. The standard InChI is InChI=1S/C14H10F2N4O3S3/c15-11(16)13-18-19-14(25-13)17-12(21)8-3-5-9(6-4-8)20-26(22,23)10-2-1-7-24-10/h1-7,11,20H,(H,17,19,21). The van der Waals surface area contributed by atoms with E-state index in [0.29, 0.717) is 11.3 Å². The Hall–Kier alpha value is -2.44. The van der Waals surface area contributed by atoms with Crippen LogP contribution in [0.4, 0.5) is 19.6 Å². The lowest BCUT2D eigenvalue weighted by Crippen LogP contribution is -2.13. The maximum atomic E-state index is 12.5. The molecule has 0 aliphatic heterocycles. The Labute approximate surface area is 154 Å². The normalized spacial score (nSPS) is 11.5. The summed E-state index contributed by atoms with van der Waals surface area (Å²) >= 11 is 1.66. The van der Waals surface area contributed by atoms with E-state index in [2.05, 4.69) is 20.2 Å². The van der Waals surface area contributed by atoms with Crippen LogP contribution in [0.5, 0.6) is 0 Å². The molecule has 1 aromatic carbocycles. The highest BCUT2D eigenvalue weighted by Gasteiger charge is 2.17. The summed E-state index contributed by atoms with van der Waals surface area (Å²) in [6.07, 6.45) is -2.76. The first-order valence-electron chi connectivity index (χ1n) is 6.94. The quantitative estimate of drug-likeness (QED) is 0.640. The zero-order valence-corrected chi connectivity index (χ0v) is 15.2. The van der Waals surface area contributed by atoms with E-state index in [1.165, 1.54) is 30.3 Å². The Morgan fingerprint density at radius 2 is 1.85 bits per heavy atom. The van der Waals surface area contributed by atoms with Crippen molar-refractivity contribution >= 4 is 49.4 Å². The van der Waals surface area contributed by atoms with Crippen LogP contribution in [0.2, 0.25) is 0 Å². The molecule has 0 aliphatic rings. The third-order valence-corrected chi connectivity index (χ3v) is 6.63. The maximum absolute atomic E-state index is 12.5. The number of anilines is 2. The number of carbonyl (C=O) groups is 1. The van der Waals surface area contributed by atoms with Gasteiger partial charge < -0.3 is 0 Å². The summed E-state index contributed by atoms with van der Waals surface area (Å²) in [6.45, 7) is 0. The molecule has 0 unspecified atom stereocenters. The summed E-state index contributed by atoms with van der Waals surface area (Å²) in [5.74, 6) is -0.574. The second-order valence-corrected chi connectivity index (χ2v) is 8.68.